The zero-order chi connectivity index (χ0) is 13.1. The van der Waals surface area contributed by atoms with Crippen LogP contribution in [0.25, 0.3) is 0 Å². The van der Waals surface area contributed by atoms with Gasteiger partial charge in [-0.25, -0.2) is 0 Å². The maximum atomic E-state index is 10.4. The molecule has 1 unspecified atom stereocenters. The van der Waals surface area contributed by atoms with E-state index in [1.54, 1.807) is 0 Å². The third-order valence-electron chi connectivity index (χ3n) is 2.90. The Hall–Kier alpha value is 3.38. The summed E-state index contributed by atoms with van der Waals surface area (Å²) < 4.78 is 14.8. The molecule has 0 fully saturated rings. The van der Waals surface area contributed by atoms with E-state index < -0.39 is 7.82 Å². The Balaban J connectivity index is -0.00000128. The molecule has 104 valence electrons. The van der Waals surface area contributed by atoms with Crippen LogP contribution in [0.1, 0.15) is 65.2 Å². The molecule has 0 N–H and O–H groups in total. The quantitative estimate of drug-likeness (QED) is 0.223. The third kappa shape index (κ3) is 21.4. The second kappa shape index (κ2) is 17.7. The molecule has 0 saturated carbocycles. The average molecular weight is 342 g/mol. The van der Waals surface area contributed by atoms with Crippen LogP contribution in [-0.4, -0.2) is 6.61 Å². The van der Waals surface area contributed by atoms with Gasteiger partial charge in [-0.1, -0.05) is 52.4 Å². The minimum absolute atomic E-state index is 0. The first-order chi connectivity index (χ1) is 7.99. The van der Waals surface area contributed by atoms with E-state index in [1.165, 1.54) is 19.3 Å². The summed E-state index contributed by atoms with van der Waals surface area (Å²) in [7, 11) is -4.80. The van der Waals surface area contributed by atoms with Gasteiger partial charge in [0, 0.05) is 0 Å². The van der Waals surface area contributed by atoms with Crippen molar-refractivity contribution in [3.05, 3.63) is 0 Å². The first kappa shape index (κ1) is 27.2. The number of unbranched alkanes of at least 4 members (excludes halogenated alkanes) is 4. The topological polar surface area (TPSA) is 72.4 Å². The Bertz CT molecular complexity index is 224. The van der Waals surface area contributed by atoms with Crippen LogP contribution >= 0.6 is 7.82 Å². The van der Waals surface area contributed by atoms with Gasteiger partial charge in [0.1, 0.15) is 0 Å². The van der Waals surface area contributed by atoms with Crippen molar-refractivity contribution < 1.29 is 122 Å². The molecular formula is C12H25K2O4P. The summed E-state index contributed by atoms with van der Waals surface area (Å²) in [4.78, 5) is 20.9. The molecule has 1 atom stereocenters. The van der Waals surface area contributed by atoms with Gasteiger partial charge < -0.3 is 18.9 Å². The summed E-state index contributed by atoms with van der Waals surface area (Å²) in [5.74, 6) is 0.211. The Morgan fingerprint density at radius 3 is 1.95 bits per heavy atom. The molecule has 0 radical (unpaired) electrons. The third-order valence-corrected chi connectivity index (χ3v) is 3.37. The second-order valence-electron chi connectivity index (χ2n) is 4.60. The normalized spacial score (nSPS) is 12.4. The van der Waals surface area contributed by atoms with Crippen molar-refractivity contribution in [3.8, 4) is 0 Å². The first-order valence-corrected chi connectivity index (χ1v) is 8.12. The molecule has 4 nitrogen and oxygen atoms in total. The van der Waals surface area contributed by atoms with E-state index in [2.05, 4.69) is 18.4 Å². The SMILES string of the molecule is CCCCCCC(CCCC)COP(=O)([O-])[O-].[K+].[K+]. The van der Waals surface area contributed by atoms with Crippen LogP contribution in [-0.2, 0) is 9.09 Å². The molecule has 7 heteroatoms. The zero-order valence-electron chi connectivity index (χ0n) is 13.0. The van der Waals surface area contributed by atoms with E-state index in [9.17, 15) is 14.4 Å². The van der Waals surface area contributed by atoms with Crippen LogP contribution in [0, 0.1) is 5.92 Å². The van der Waals surface area contributed by atoms with Gasteiger partial charge in [0.2, 0.25) is 0 Å². The molecule has 19 heavy (non-hydrogen) atoms. The second-order valence-corrected chi connectivity index (χ2v) is 5.75. The smallest absolute Gasteiger partial charge is 0.790 e. The number of hydrogen-bond donors (Lipinski definition) is 0. The number of phosphoric ester groups is 1. The molecule has 0 bridgehead atoms. The predicted molar refractivity (Wildman–Crippen MR) is 65.3 cm³/mol. The van der Waals surface area contributed by atoms with E-state index in [4.69, 9.17) is 0 Å². The molecule has 0 aromatic carbocycles. The molecular weight excluding hydrogens is 317 g/mol. The summed E-state index contributed by atoms with van der Waals surface area (Å²) in [5, 5.41) is 0. The van der Waals surface area contributed by atoms with E-state index in [0.29, 0.717) is 0 Å². The molecule has 0 spiro atoms. The monoisotopic (exact) mass is 342 g/mol. The summed E-state index contributed by atoms with van der Waals surface area (Å²) in [6.07, 6.45) is 8.71. The maximum absolute atomic E-state index is 10.4. The van der Waals surface area contributed by atoms with E-state index >= 15 is 0 Å². The van der Waals surface area contributed by atoms with E-state index in [-0.39, 0.29) is 115 Å². The van der Waals surface area contributed by atoms with Gasteiger partial charge in [-0.2, -0.15) is 0 Å². The molecule has 0 amide bonds. The summed E-state index contributed by atoms with van der Waals surface area (Å²) in [6.45, 7) is 4.32. The van der Waals surface area contributed by atoms with Crippen LogP contribution in [0.15, 0.2) is 0 Å². The maximum Gasteiger partial charge on any atom is 1.00 e. The Labute approximate surface area is 203 Å². The standard InChI is InChI=1S/C12H27O4P.2K/c1-3-5-7-8-10-12(9-6-4-2)11-16-17(13,14)15;;/h12H,3-11H2,1-2H3,(H2,13,14,15);;/q;2*+1/p-2. The van der Waals surface area contributed by atoms with Crippen molar-refractivity contribution in [2.24, 2.45) is 5.92 Å². The Morgan fingerprint density at radius 2 is 1.47 bits per heavy atom. The van der Waals surface area contributed by atoms with Crippen molar-refractivity contribution in [3.63, 3.8) is 0 Å². The molecule has 0 aromatic heterocycles. The average Bonchev–Trinajstić information content (AvgIpc) is 2.25. The summed E-state index contributed by atoms with van der Waals surface area (Å²) >= 11 is 0. The van der Waals surface area contributed by atoms with Crippen molar-refractivity contribution >= 4 is 7.82 Å². The fourth-order valence-electron chi connectivity index (χ4n) is 1.86. The Kier molecular flexibility index (Phi) is 25.4. The fraction of sp³-hybridized carbons (Fsp3) is 1.00. The van der Waals surface area contributed by atoms with E-state index in [1.807, 2.05) is 0 Å². The fourth-order valence-corrected chi connectivity index (χ4v) is 2.25. The molecule has 0 heterocycles. The van der Waals surface area contributed by atoms with Gasteiger partial charge >= 0.3 is 103 Å². The number of phosphoric acid groups is 1. The minimum Gasteiger partial charge on any atom is -0.790 e. The molecule has 0 aromatic rings. The number of rotatable bonds is 11. The van der Waals surface area contributed by atoms with Crippen LogP contribution in [0.5, 0.6) is 0 Å². The van der Waals surface area contributed by atoms with Crippen LogP contribution in [0.2, 0.25) is 0 Å². The molecule has 0 aliphatic heterocycles. The van der Waals surface area contributed by atoms with Crippen LogP contribution in [0.4, 0.5) is 0 Å². The minimum atomic E-state index is -4.80. The Morgan fingerprint density at radius 1 is 0.947 bits per heavy atom. The molecule has 0 aliphatic carbocycles. The van der Waals surface area contributed by atoms with Gasteiger partial charge in [-0.05, 0) is 18.8 Å². The van der Waals surface area contributed by atoms with Crippen LogP contribution < -0.4 is 113 Å². The largest absolute Gasteiger partial charge is 1.00 e. The van der Waals surface area contributed by atoms with Crippen molar-refractivity contribution in [2.45, 2.75) is 65.2 Å². The van der Waals surface area contributed by atoms with Gasteiger partial charge in [0.15, 0.2) is 0 Å². The van der Waals surface area contributed by atoms with Gasteiger partial charge in [-0.3, -0.25) is 0 Å². The van der Waals surface area contributed by atoms with Crippen molar-refractivity contribution in [1.29, 1.82) is 0 Å². The van der Waals surface area contributed by atoms with Gasteiger partial charge in [0.05, 0.1) is 14.4 Å². The van der Waals surface area contributed by atoms with Crippen LogP contribution in [0.3, 0.4) is 0 Å². The molecule has 0 rings (SSSR count). The predicted octanol–water partition coefficient (Wildman–Crippen LogP) is -3.38. The first-order valence-electron chi connectivity index (χ1n) is 6.66. The number of hydrogen-bond acceptors (Lipinski definition) is 4. The van der Waals surface area contributed by atoms with Crippen molar-refractivity contribution in [2.75, 3.05) is 6.61 Å². The van der Waals surface area contributed by atoms with Gasteiger partial charge in [-0.15, -0.1) is 0 Å². The summed E-state index contributed by atoms with van der Waals surface area (Å²) in [5.41, 5.74) is 0. The van der Waals surface area contributed by atoms with Crippen molar-refractivity contribution in [1.82, 2.24) is 0 Å². The van der Waals surface area contributed by atoms with E-state index in [0.717, 1.165) is 32.1 Å². The van der Waals surface area contributed by atoms with Gasteiger partial charge in [0.25, 0.3) is 0 Å². The zero-order valence-corrected chi connectivity index (χ0v) is 20.2. The molecule has 0 saturated heterocycles. The summed E-state index contributed by atoms with van der Waals surface area (Å²) in [6, 6.07) is 0. The molecule has 0 aliphatic rings.